The van der Waals surface area contributed by atoms with E-state index in [0.29, 0.717) is 18.1 Å². The maximum atomic E-state index is 10.4. The molecule has 0 radical (unpaired) electrons. The lowest BCUT2D eigenvalue weighted by molar-refractivity contribution is -0.115. The average molecular weight is 412 g/mol. The summed E-state index contributed by atoms with van der Waals surface area (Å²) >= 11 is 2.26. The average Bonchev–Trinajstić information content (AvgIpc) is 2.57. The molecule has 3 rings (SSSR count). The van der Waals surface area contributed by atoms with Crippen LogP contribution in [0.25, 0.3) is 0 Å². The molecule has 22 heavy (non-hydrogen) atoms. The van der Waals surface area contributed by atoms with Crippen molar-refractivity contribution in [2.24, 2.45) is 0 Å². The Bertz CT molecular complexity index is 615. The molecule has 0 bridgehead atoms. The second-order valence-corrected chi connectivity index (χ2v) is 5.58. The number of carbonyl (C=O) groups is 1. The fourth-order valence-electron chi connectivity index (χ4n) is 1.82. The summed E-state index contributed by atoms with van der Waals surface area (Å²) in [7, 11) is 0. The molecular formula is C17H17IO4. The van der Waals surface area contributed by atoms with Gasteiger partial charge in [-0.05, 0) is 53.8 Å². The van der Waals surface area contributed by atoms with Crippen molar-refractivity contribution in [3.05, 3.63) is 52.1 Å². The van der Waals surface area contributed by atoms with E-state index in [0.717, 1.165) is 18.6 Å². The van der Waals surface area contributed by atoms with E-state index in [1.54, 1.807) is 6.07 Å². The van der Waals surface area contributed by atoms with Crippen molar-refractivity contribution in [1.29, 1.82) is 0 Å². The van der Waals surface area contributed by atoms with Gasteiger partial charge in [0.1, 0.15) is 12.4 Å². The number of hydrogen-bond acceptors (Lipinski definition) is 4. The highest BCUT2D eigenvalue weighted by Crippen LogP contribution is 2.30. The summed E-state index contributed by atoms with van der Waals surface area (Å²) in [5.41, 5.74) is 0. The van der Waals surface area contributed by atoms with Crippen LogP contribution in [-0.4, -0.2) is 25.6 Å². The van der Waals surface area contributed by atoms with Crippen LogP contribution in [-0.2, 0) is 4.79 Å². The van der Waals surface area contributed by atoms with Gasteiger partial charge in [0.05, 0.1) is 10.2 Å². The van der Waals surface area contributed by atoms with Gasteiger partial charge in [-0.3, -0.25) is 4.79 Å². The minimum atomic E-state index is -0.458. The highest BCUT2D eigenvalue weighted by molar-refractivity contribution is 14.1. The Morgan fingerprint density at radius 3 is 2.55 bits per heavy atom. The number of benzene rings is 2. The van der Waals surface area contributed by atoms with Crippen molar-refractivity contribution in [3.63, 3.8) is 0 Å². The first-order valence-electron chi connectivity index (χ1n) is 6.95. The molecule has 4 nitrogen and oxygen atoms in total. The molecule has 0 spiro atoms. The summed E-state index contributed by atoms with van der Waals surface area (Å²) in [6.45, 7) is 3.03. The molecule has 0 aliphatic carbocycles. The fourth-order valence-corrected chi connectivity index (χ4v) is 2.36. The largest absolute Gasteiger partial charge is 0.493 e. The smallest absolute Gasteiger partial charge is 0.187 e. The van der Waals surface area contributed by atoms with Crippen LogP contribution >= 0.6 is 22.6 Å². The fraction of sp³-hybridized carbons (Fsp3) is 0.235. The van der Waals surface area contributed by atoms with Gasteiger partial charge in [0.15, 0.2) is 23.9 Å². The van der Waals surface area contributed by atoms with Gasteiger partial charge >= 0.3 is 0 Å². The zero-order valence-corrected chi connectivity index (χ0v) is 14.4. The molecule has 0 amide bonds. The van der Waals surface area contributed by atoms with E-state index in [2.05, 4.69) is 22.6 Å². The van der Waals surface area contributed by atoms with E-state index in [4.69, 9.17) is 14.2 Å². The van der Waals surface area contributed by atoms with Gasteiger partial charge in [0.2, 0.25) is 0 Å². The topological polar surface area (TPSA) is 44.8 Å². The number of aldehydes is 1. The molecule has 5 heteroatoms. The summed E-state index contributed by atoms with van der Waals surface area (Å²) in [4.78, 5) is 10.4. The Hall–Kier alpha value is -1.76. The van der Waals surface area contributed by atoms with Gasteiger partial charge in [-0.25, -0.2) is 0 Å². The summed E-state index contributed by atoms with van der Waals surface area (Å²) < 4.78 is 17.1. The van der Waals surface area contributed by atoms with Crippen LogP contribution in [0.2, 0.25) is 0 Å². The van der Waals surface area contributed by atoms with Crippen LogP contribution in [0.3, 0.4) is 0 Å². The van der Waals surface area contributed by atoms with Gasteiger partial charge in [-0.2, -0.15) is 0 Å². The Morgan fingerprint density at radius 2 is 1.86 bits per heavy atom. The van der Waals surface area contributed by atoms with Crippen LogP contribution in [0, 0.1) is 3.57 Å². The molecule has 1 aliphatic rings. The summed E-state index contributed by atoms with van der Waals surface area (Å²) in [5.74, 6) is 2.32. The third kappa shape index (κ3) is 4.62. The molecule has 1 aliphatic heterocycles. The van der Waals surface area contributed by atoms with Crippen LogP contribution in [0.1, 0.15) is 6.92 Å². The maximum Gasteiger partial charge on any atom is 0.187 e. The van der Waals surface area contributed by atoms with Gasteiger partial charge in [-0.1, -0.05) is 24.3 Å². The predicted molar refractivity (Wildman–Crippen MR) is 92.7 cm³/mol. The second kappa shape index (κ2) is 8.63. The van der Waals surface area contributed by atoms with Crippen molar-refractivity contribution in [1.82, 2.24) is 0 Å². The number of rotatable bonds is 3. The first-order valence-corrected chi connectivity index (χ1v) is 8.03. The monoisotopic (exact) mass is 412 g/mol. The van der Waals surface area contributed by atoms with E-state index in [-0.39, 0.29) is 0 Å². The first kappa shape index (κ1) is 16.6. The quantitative estimate of drug-likeness (QED) is 0.570. The summed E-state index contributed by atoms with van der Waals surface area (Å²) in [6, 6.07) is 15.3. The van der Waals surface area contributed by atoms with Crippen molar-refractivity contribution in [2.75, 3.05) is 13.2 Å². The van der Waals surface area contributed by atoms with Crippen molar-refractivity contribution in [3.8, 4) is 17.2 Å². The second-order valence-electron chi connectivity index (χ2n) is 4.41. The normalized spacial score (nSPS) is 15.3. The van der Waals surface area contributed by atoms with Gasteiger partial charge in [-0.15, -0.1) is 0 Å². The number of para-hydroxylation sites is 3. The Labute approximate surface area is 143 Å². The molecule has 0 saturated heterocycles. The van der Waals surface area contributed by atoms with Crippen LogP contribution < -0.4 is 14.2 Å². The third-order valence-corrected chi connectivity index (χ3v) is 3.71. The lowest BCUT2D eigenvalue weighted by Crippen LogP contribution is -2.30. The lowest BCUT2D eigenvalue weighted by atomic mass is 10.3. The highest BCUT2D eigenvalue weighted by atomic mass is 127. The maximum absolute atomic E-state index is 10.4. The van der Waals surface area contributed by atoms with Crippen LogP contribution in [0.5, 0.6) is 17.2 Å². The molecule has 0 aromatic heterocycles. The van der Waals surface area contributed by atoms with E-state index in [9.17, 15) is 4.79 Å². The Balaban J connectivity index is 0.000000164. The minimum Gasteiger partial charge on any atom is -0.493 e. The molecule has 0 fully saturated rings. The predicted octanol–water partition coefficient (Wildman–Crippen LogP) is 3.72. The number of hydrogen-bond donors (Lipinski definition) is 0. The number of carbonyl (C=O) groups excluding carboxylic acids is 1. The molecule has 0 N–H and O–H groups in total. The molecule has 1 unspecified atom stereocenters. The molecule has 116 valence electrons. The highest BCUT2D eigenvalue weighted by Gasteiger charge is 2.18. The van der Waals surface area contributed by atoms with Crippen molar-refractivity contribution in [2.45, 2.75) is 13.0 Å². The number of halogens is 1. The van der Waals surface area contributed by atoms with Crippen molar-refractivity contribution < 1.29 is 19.0 Å². The Morgan fingerprint density at radius 1 is 1.18 bits per heavy atom. The first-order chi connectivity index (χ1) is 10.7. The van der Waals surface area contributed by atoms with Gasteiger partial charge in [0, 0.05) is 0 Å². The summed E-state index contributed by atoms with van der Waals surface area (Å²) in [6.07, 6.45) is 0.288. The van der Waals surface area contributed by atoms with Gasteiger partial charge < -0.3 is 14.2 Å². The third-order valence-electron chi connectivity index (χ3n) is 2.82. The minimum absolute atomic E-state index is 0.306. The van der Waals surface area contributed by atoms with Gasteiger partial charge in [0.25, 0.3) is 0 Å². The van der Waals surface area contributed by atoms with Crippen LogP contribution in [0.4, 0.5) is 0 Å². The van der Waals surface area contributed by atoms with E-state index >= 15 is 0 Å². The molecule has 2 aromatic carbocycles. The van der Waals surface area contributed by atoms with Crippen molar-refractivity contribution >= 4 is 28.9 Å². The van der Waals surface area contributed by atoms with Crippen LogP contribution in [0.15, 0.2) is 48.5 Å². The molecule has 1 heterocycles. The SMILES string of the molecule is CCOc1ccccc1I.O=CC1COc2ccccc2O1. The lowest BCUT2D eigenvalue weighted by Gasteiger charge is -2.22. The molecule has 1 atom stereocenters. The van der Waals surface area contributed by atoms with E-state index in [1.807, 2.05) is 49.4 Å². The molecule has 2 aromatic rings. The number of ether oxygens (including phenoxy) is 3. The molecular weight excluding hydrogens is 395 g/mol. The van der Waals surface area contributed by atoms with E-state index < -0.39 is 6.10 Å². The standard InChI is InChI=1S/C9H8O3.C8H9IO/c10-5-7-6-11-8-3-1-2-4-9(8)12-7;1-2-10-8-6-4-3-5-7(8)9/h1-5,7H,6H2;3-6H,2H2,1H3. The zero-order valence-electron chi connectivity index (χ0n) is 12.2. The number of fused-ring (bicyclic) bond motifs is 1. The summed E-state index contributed by atoms with van der Waals surface area (Å²) in [5, 5.41) is 0. The zero-order chi connectivity index (χ0) is 15.8. The molecule has 0 saturated carbocycles. The Kier molecular flexibility index (Phi) is 6.51. The van der Waals surface area contributed by atoms with E-state index in [1.165, 1.54) is 3.57 Å².